The van der Waals surface area contributed by atoms with E-state index in [0.29, 0.717) is 15.3 Å². The molecule has 0 radical (unpaired) electrons. The zero-order valence-corrected chi connectivity index (χ0v) is 17.9. The van der Waals surface area contributed by atoms with Gasteiger partial charge >= 0.3 is 0 Å². The van der Waals surface area contributed by atoms with Crippen LogP contribution in [-0.2, 0) is 10.0 Å². The Bertz CT molecular complexity index is 1250. The molecule has 0 aliphatic carbocycles. The van der Waals surface area contributed by atoms with Gasteiger partial charge in [0.15, 0.2) is 0 Å². The average molecular weight is 466 g/mol. The van der Waals surface area contributed by atoms with Gasteiger partial charge < -0.3 is 4.90 Å². The number of nitro benzene ring substituents is 1. The van der Waals surface area contributed by atoms with Crippen LogP contribution in [0.4, 0.5) is 5.69 Å². The van der Waals surface area contributed by atoms with Crippen LogP contribution in [-0.4, -0.2) is 54.6 Å². The van der Waals surface area contributed by atoms with Crippen LogP contribution >= 0.6 is 22.9 Å². The molecule has 0 atom stereocenters. The zero-order chi connectivity index (χ0) is 21.5. The molecule has 0 N–H and O–H groups in total. The van der Waals surface area contributed by atoms with Crippen molar-refractivity contribution in [2.75, 3.05) is 26.2 Å². The van der Waals surface area contributed by atoms with Crippen molar-refractivity contribution in [1.82, 2.24) is 9.21 Å². The highest BCUT2D eigenvalue weighted by molar-refractivity contribution is 7.89. The van der Waals surface area contributed by atoms with Crippen molar-refractivity contribution in [1.29, 1.82) is 0 Å². The minimum absolute atomic E-state index is 0.0286. The highest BCUT2D eigenvalue weighted by atomic mass is 35.5. The van der Waals surface area contributed by atoms with Gasteiger partial charge in [-0.25, -0.2) is 8.42 Å². The van der Waals surface area contributed by atoms with Gasteiger partial charge in [-0.1, -0.05) is 17.7 Å². The van der Waals surface area contributed by atoms with Crippen molar-refractivity contribution in [3.05, 3.63) is 68.5 Å². The van der Waals surface area contributed by atoms with Gasteiger partial charge in [0.2, 0.25) is 10.0 Å². The monoisotopic (exact) mass is 465 g/mol. The van der Waals surface area contributed by atoms with E-state index in [-0.39, 0.29) is 42.7 Å². The molecule has 0 spiro atoms. The largest absolute Gasteiger partial charge is 0.335 e. The smallest absolute Gasteiger partial charge is 0.270 e. The van der Waals surface area contributed by atoms with Crippen molar-refractivity contribution >= 4 is 54.6 Å². The van der Waals surface area contributed by atoms with Gasteiger partial charge in [-0.2, -0.15) is 4.31 Å². The van der Waals surface area contributed by atoms with Crippen LogP contribution in [0.5, 0.6) is 0 Å². The van der Waals surface area contributed by atoms with Crippen LogP contribution < -0.4 is 0 Å². The van der Waals surface area contributed by atoms with Crippen LogP contribution in [0.15, 0.2) is 53.4 Å². The zero-order valence-electron chi connectivity index (χ0n) is 15.5. The van der Waals surface area contributed by atoms with E-state index in [1.807, 2.05) is 0 Å². The standard InChI is InChI=1S/C19H16ClN3O5S2/c20-14-2-1-3-16(12-14)30(27,28)22-8-6-21(7-9-22)19(24)18-11-13-10-15(23(25)26)4-5-17(13)29-18/h1-5,10-12H,6-9H2. The van der Waals surface area contributed by atoms with Crippen LogP contribution in [0.1, 0.15) is 9.67 Å². The topological polar surface area (TPSA) is 101 Å². The maximum absolute atomic E-state index is 12.9. The van der Waals surface area contributed by atoms with E-state index in [0.717, 1.165) is 4.70 Å². The number of piperazine rings is 1. The van der Waals surface area contributed by atoms with E-state index in [2.05, 4.69) is 0 Å². The molecule has 2 heterocycles. The molecule has 30 heavy (non-hydrogen) atoms. The van der Waals surface area contributed by atoms with Gasteiger partial charge in [0, 0.05) is 53.4 Å². The Balaban J connectivity index is 1.48. The summed E-state index contributed by atoms with van der Waals surface area (Å²) in [7, 11) is -3.68. The molecule has 1 aromatic heterocycles. The lowest BCUT2D eigenvalue weighted by atomic mass is 10.2. The third-order valence-electron chi connectivity index (χ3n) is 4.88. The summed E-state index contributed by atoms with van der Waals surface area (Å²) in [6.45, 7) is 0.869. The molecule has 11 heteroatoms. The normalized spacial score (nSPS) is 15.4. The van der Waals surface area contributed by atoms with Crippen molar-refractivity contribution in [2.24, 2.45) is 0 Å². The molecule has 156 valence electrons. The van der Waals surface area contributed by atoms with Crippen molar-refractivity contribution < 1.29 is 18.1 Å². The summed E-state index contributed by atoms with van der Waals surface area (Å²) in [5.74, 6) is -0.210. The predicted molar refractivity (Wildman–Crippen MR) is 115 cm³/mol. The van der Waals surface area contributed by atoms with Gasteiger partial charge in [-0.3, -0.25) is 14.9 Å². The number of benzene rings is 2. The third kappa shape index (κ3) is 3.91. The molecule has 0 saturated carbocycles. The first kappa shape index (κ1) is 20.7. The van der Waals surface area contributed by atoms with Gasteiger partial charge in [-0.05, 0) is 30.3 Å². The first-order valence-corrected chi connectivity index (χ1v) is 11.6. The summed E-state index contributed by atoms with van der Waals surface area (Å²) in [4.78, 5) is 25.5. The molecule has 1 saturated heterocycles. The Morgan fingerprint density at radius 3 is 2.47 bits per heavy atom. The van der Waals surface area contributed by atoms with E-state index in [1.54, 1.807) is 29.2 Å². The Labute approximate surface area is 181 Å². The average Bonchev–Trinajstić information content (AvgIpc) is 3.16. The highest BCUT2D eigenvalue weighted by Crippen LogP contribution is 2.30. The highest BCUT2D eigenvalue weighted by Gasteiger charge is 2.31. The summed E-state index contributed by atoms with van der Waals surface area (Å²) in [5.41, 5.74) is -0.0286. The number of rotatable bonds is 4. The second kappa shape index (κ2) is 7.95. The number of thiophene rings is 1. The Kier molecular flexibility index (Phi) is 5.49. The van der Waals surface area contributed by atoms with Crippen molar-refractivity contribution in [3.63, 3.8) is 0 Å². The third-order valence-corrected chi connectivity index (χ3v) is 8.12. The molecular weight excluding hydrogens is 450 g/mol. The molecule has 4 rings (SSSR count). The minimum atomic E-state index is -3.68. The molecule has 8 nitrogen and oxygen atoms in total. The maximum atomic E-state index is 12.9. The van der Waals surface area contributed by atoms with Crippen LogP contribution in [0.3, 0.4) is 0 Å². The predicted octanol–water partition coefficient (Wildman–Crippen LogP) is 3.61. The number of amides is 1. The van der Waals surface area contributed by atoms with E-state index in [9.17, 15) is 23.3 Å². The first-order chi connectivity index (χ1) is 14.3. The maximum Gasteiger partial charge on any atom is 0.270 e. The fourth-order valence-electron chi connectivity index (χ4n) is 3.31. The molecule has 0 bridgehead atoms. The summed E-state index contributed by atoms with van der Waals surface area (Å²) in [6.07, 6.45) is 0. The number of nitro groups is 1. The molecule has 1 aliphatic heterocycles. The van der Waals surface area contributed by atoms with Gasteiger partial charge in [0.25, 0.3) is 11.6 Å². The Morgan fingerprint density at radius 2 is 1.80 bits per heavy atom. The number of fused-ring (bicyclic) bond motifs is 1. The van der Waals surface area contributed by atoms with Gasteiger partial charge in [0.1, 0.15) is 0 Å². The van der Waals surface area contributed by atoms with Crippen LogP contribution in [0.2, 0.25) is 5.02 Å². The van der Waals surface area contributed by atoms with Crippen molar-refractivity contribution in [2.45, 2.75) is 4.90 Å². The minimum Gasteiger partial charge on any atom is -0.335 e. The molecule has 1 aliphatic rings. The lowest BCUT2D eigenvalue weighted by Gasteiger charge is -2.33. The summed E-state index contributed by atoms with van der Waals surface area (Å²) in [6, 6.07) is 12.2. The number of halogens is 1. The Hall–Kier alpha value is -2.53. The summed E-state index contributed by atoms with van der Waals surface area (Å²) >= 11 is 7.17. The summed E-state index contributed by atoms with van der Waals surface area (Å²) < 4.78 is 27.7. The molecule has 1 fully saturated rings. The quantitative estimate of drug-likeness (QED) is 0.432. The molecule has 0 unspecified atom stereocenters. The molecular formula is C19H16ClN3O5S2. The first-order valence-electron chi connectivity index (χ1n) is 8.99. The molecule has 2 aromatic carbocycles. The van der Waals surface area contributed by atoms with Gasteiger partial charge in [-0.15, -0.1) is 11.3 Å². The summed E-state index contributed by atoms with van der Waals surface area (Å²) in [5, 5.41) is 11.9. The van der Waals surface area contributed by atoms with Crippen LogP contribution in [0.25, 0.3) is 10.1 Å². The number of hydrogen-bond donors (Lipinski definition) is 0. The number of non-ortho nitro benzene ring substituents is 1. The SMILES string of the molecule is O=C(c1cc2cc([N+](=O)[O-])ccc2s1)N1CCN(S(=O)(=O)c2cccc(Cl)c2)CC1. The second-order valence-electron chi connectivity index (χ2n) is 6.74. The number of sulfonamides is 1. The van der Waals surface area contributed by atoms with Crippen molar-refractivity contribution in [3.8, 4) is 0 Å². The van der Waals surface area contributed by atoms with E-state index >= 15 is 0 Å². The number of carbonyl (C=O) groups excluding carboxylic acids is 1. The Morgan fingerprint density at radius 1 is 1.07 bits per heavy atom. The van der Waals surface area contributed by atoms with E-state index < -0.39 is 14.9 Å². The number of nitrogens with zero attached hydrogens (tertiary/aromatic N) is 3. The van der Waals surface area contributed by atoms with E-state index in [1.165, 1.54) is 39.9 Å². The fraction of sp³-hybridized carbons (Fsp3) is 0.211. The molecule has 3 aromatic rings. The lowest BCUT2D eigenvalue weighted by Crippen LogP contribution is -2.50. The lowest BCUT2D eigenvalue weighted by molar-refractivity contribution is -0.384. The molecule has 1 amide bonds. The second-order valence-corrected chi connectivity index (χ2v) is 10.2. The fourth-order valence-corrected chi connectivity index (χ4v) is 6.05. The van der Waals surface area contributed by atoms with Crippen LogP contribution in [0, 0.1) is 10.1 Å². The van der Waals surface area contributed by atoms with Gasteiger partial charge in [0.05, 0.1) is 14.7 Å². The van der Waals surface area contributed by atoms with E-state index in [4.69, 9.17) is 11.6 Å². The number of carbonyl (C=O) groups is 1. The number of hydrogen-bond acceptors (Lipinski definition) is 6.